The van der Waals surface area contributed by atoms with E-state index in [4.69, 9.17) is 10.5 Å². The van der Waals surface area contributed by atoms with E-state index in [1.54, 1.807) is 0 Å². The van der Waals surface area contributed by atoms with Crippen LogP contribution < -0.4 is 15.2 Å². The quantitative estimate of drug-likeness (QED) is 0.349. The number of amides is 1. The Bertz CT molecular complexity index is 1570. The summed E-state index contributed by atoms with van der Waals surface area (Å²) in [6.07, 6.45) is 0.405. The molecule has 3 heterocycles. The van der Waals surface area contributed by atoms with Crippen molar-refractivity contribution in [3.8, 4) is 22.3 Å². The molecule has 16 heteroatoms. The molecule has 1 saturated carbocycles. The lowest BCUT2D eigenvalue weighted by atomic mass is 10.1. The van der Waals surface area contributed by atoms with Crippen LogP contribution in [0.2, 0.25) is 0 Å². The van der Waals surface area contributed by atoms with Gasteiger partial charge in [0, 0.05) is 17.0 Å². The molecule has 1 fully saturated rings. The van der Waals surface area contributed by atoms with E-state index >= 15 is 0 Å². The first-order valence-electron chi connectivity index (χ1n) is 9.97. The number of nitrogens with two attached hydrogens (primary N) is 1. The van der Waals surface area contributed by atoms with Crippen LogP contribution in [-0.4, -0.2) is 56.9 Å². The minimum atomic E-state index is -4.24. The molecular weight excluding hydrogens is 506 g/mol. The van der Waals surface area contributed by atoms with Crippen LogP contribution in [0, 0.1) is 0 Å². The van der Waals surface area contributed by atoms with Gasteiger partial charge in [0.15, 0.2) is 5.01 Å². The van der Waals surface area contributed by atoms with Crippen LogP contribution in [0.5, 0.6) is 5.88 Å². The molecule has 3 aromatic heterocycles. The number of primary amides is 1. The highest BCUT2D eigenvalue weighted by Crippen LogP contribution is 2.38. The standard InChI is InChI=1S/C19H16F2N8O4S2/c1-33-14-6-12(23-8-24-14)10-4-9(35(31,32)28-19(2-3-19)17(22)30)5-13-11(10)7-25-29(13)18-27-26-16(34-18)15(20)21/h4-8,15,28H,2-3H2,1H3,(H2,22,30). The van der Waals surface area contributed by atoms with Gasteiger partial charge in [-0.1, -0.05) is 11.3 Å². The molecule has 0 saturated heterocycles. The van der Waals surface area contributed by atoms with Crippen molar-refractivity contribution in [1.29, 1.82) is 0 Å². The average molecular weight is 523 g/mol. The topological polar surface area (TPSA) is 168 Å². The van der Waals surface area contributed by atoms with E-state index in [-0.39, 0.29) is 34.3 Å². The molecule has 0 aliphatic heterocycles. The van der Waals surface area contributed by atoms with Crippen molar-refractivity contribution in [3.05, 3.63) is 35.7 Å². The zero-order valence-corrected chi connectivity index (χ0v) is 19.5. The first-order chi connectivity index (χ1) is 16.6. The van der Waals surface area contributed by atoms with Gasteiger partial charge in [-0.05, 0) is 25.0 Å². The number of nitrogens with one attached hydrogen (secondary N) is 1. The number of alkyl halides is 2. The van der Waals surface area contributed by atoms with Gasteiger partial charge in [0.1, 0.15) is 11.9 Å². The maximum absolute atomic E-state index is 13.3. The molecule has 0 atom stereocenters. The number of hydrogen-bond acceptors (Lipinski definition) is 10. The lowest BCUT2D eigenvalue weighted by molar-refractivity contribution is -0.120. The Morgan fingerprint density at radius 3 is 2.66 bits per heavy atom. The van der Waals surface area contributed by atoms with Crippen LogP contribution in [-0.2, 0) is 14.8 Å². The van der Waals surface area contributed by atoms with Crippen molar-refractivity contribution in [2.24, 2.45) is 5.73 Å². The highest BCUT2D eigenvalue weighted by atomic mass is 32.2. The Morgan fingerprint density at radius 1 is 1.26 bits per heavy atom. The minimum Gasteiger partial charge on any atom is -0.481 e. The molecule has 4 aromatic rings. The van der Waals surface area contributed by atoms with Gasteiger partial charge in [-0.3, -0.25) is 4.79 Å². The van der Waals surface area contributed by atoms with Gasteiger partial charge in [-0.15, -0.1) is 10.2 Å². The lowest BCUT2D eigenvalue weighted by Crippen LogP contribution is -2.46. The smallest absolute Gasteiger partial charge is 0.291 e. The highest BCUT2D eigenvalue weighted by Gasteiger charge is 2.51. The third-order valence-corrected chi connectivity index (χ3v) is 7.87. The largest absolute Gasteiger partial charge is 0.481 e. The fourth-order valence-electron chi connectivity index (χ4n) is 3.46. The molecule has 0 radical (unpaired) electrons. The number of nitrogens with zero attached hydrogens (tertiary/aromatic N) is 6. The summed E-state index contributed by atoms with van der Waals surface area (Å²) < 4.78 is 61.4. The zero-order chi connectivity index (χ0) is 25.0. The number of hydrogen-bond donors (Lipinski definition) is 2. The number of carbonyl (C=O) groups is 1. The van der Waals surface area contributed by atoms with E-state index in [2.05, 4.69) is 30.0 Å². The summed E-state index contributed by atoms with van der Waals surface area (Å²) in [5, 5.41) is 11.4. The Hall–Kier alpha value is -3.63. The summed E-state index contributed by atoms with van der Waals surface area (Å²) in [4.78, 5) is 19.7. The van der Waals surface area contributed by atoms with Crippen LogP contribution in [0.25, 0.3) is 27.3 Å². The molecule has 1 aromatic carbocycles. The summed E-state index contributed by atoms with van der Waals surface area (Å²) in [5.74, 6) is -0.542. The van der Waals surface area contributed by atoms with Gasteiger partial charge in [-0.25, -0.2) is 31.8 Å². The summed E-state index contributed by atoms with van der Waals surface area (Å²) in [6, 6.07) is 4.16. The maximum Gasteiger partial charge on any atom is 0.291 e. The predicted molar refractivity (Wildman–Crippen MR) is 119 cm³/mol. The first-order valence-corrected chi connectivity index (χ1v) is 12.3. The van der Waals surface area contributed by atoms with E-state index in [1.165, 1.54) is 42.5 Å². The van der Waals surface area contributed by atoms with Crippen molar-refractivity contribution in [2.75, 3.05) is 7.11 Å². The first kappa shape index (κ1) is 23.1. The highest BCUT2D eigenvalue weighted by molar-refractivity contribution is 7.89. The molecule has 1 aliphatic rings. The van der Waals surface area contributed by atoms with Crippen molar-refractivity contribution < 1.29 is 26.7 Å². The molecule has 5 rings (SSSR count). The zero-order valence-electron chi connectivity index (χ0n) is 17.8. The monoisotopic (exact) mass is 522 g/mol. The number of fused-ring (bicyclic) bond motifs is 1. The second-order valence-electron chi connectivity index (χ2n) is 7.68. The van der Waals surface area contributed by atoms with Gasteiger partial charge in [0.2, 0.25) is 26.9 Å². The second-order valence-corrected chi connectivity index (χ2v) is 10.4. The SMILES string of the molecule is COc1cc(-c2cc(S(=O)(=O)NC3(C(N)=O)CC3)cc3c2cnn3-c2nnc(C(F)F)s2)ncn1. The average Bonchev–Trinajstić information content (AvgIpc) is 3.25. The summed E-state index contributed by atoms with van der Waals surface area (Å²) in [7, 11) is -2.83. The van der Waals surface area contributed by atoms with Gasteiger partial charge >= 0.3 is 0 Å². The van der Waals surface area contributed by atoms with Crippen molar-refractivity contribution >= 4 is 38.2 Å². The fourth-order valence-corrected chi connectivity index (χ4v) is 5.61. The van der Waals surface area contributed by atoms with Gasteiger partial charge in [-0.2, -0.15) is 9.82 Å². The van der Waals surface area contributed by atoms with E-state index in [9.17, 15) is 22.0 Å². The number of aromatic nitrogens is 6. The Balaban J connectivity index is 1.72. The molecule has 0 spiro atoms. The molecular formula is C19H16F2N8O4S2. The van der Waals surface area contributed by atoms with Crippen molar-refractivity contribution in [1.82, 2.24) is 34.7 Å². The number of ether oxygens (including phenoxy) is 1. The fraction of sp³-hybridized carbons (Fsp3) is 0.263. The van der Waals surface area contributed by atoms with Crippen molar-refractivity contribution in [2.45, 2.75) is 29.7 Å². The van der Waals surface area contributed by atoms with E-state index < -0.39 is 32.9 Å². The van der Waals surface area contributed by atoms with E-state index in [0.29, 0.717) is 28.0 Å². The number of benzene rings is 1. The maximum atomic E-state index is 13.3. The summed E-state index contributed by atoms with van der Waals surface area (Å²) in [6.45, 7) is 0. The number of methoxy groups -OCH3 is 1. The Kier molecular flexibility index (Phi) is 5.45. The minimum absolute atomic E-state index is 0.0137. The third kappa shape index (κ3) is 4.08. The summed E-state index contributed by atoms with van der Waals surface area (Å²) >= 11 is 0.615. The molecule has 182 valence electrons. The predicted octanol–water partition coefficient (Wildman–Crippen LogP) is 1.58. The van der Waals surface area contributed by atoms with Gasteiger partial charge < -0.3 is 10.5 Å². The third-order valence-electron chi connectivity index (χ3n) is 5.45. The molecule has 1 aliphatic carbocycles. The lowest BCUT2D eigenvalue weighted by Gasteiger charge is -2.15. The van der Waals surface area contributed by atoms with Gasteiger partial charge in [0.05, 0.1) is 29.4 Å². The second kappa shape index (κ2) is 8.24. The molecule has 35 heavy (non-hydrogen) atoms. The van der Waals surface area contributed by atoms with Crippen molar-refractivity contribution in [3.63, 3.8) is 0 Å². The van der Waals surface area contributed by atoms with Gasteiger partial charge in [0.25, 0.3) is 6.43 Å². The van der Waals surface area contributed by atoms with Crippen LogP contribution in [0.3, 0.4) is 0 Å². The Morgan fingerprint density at radius 2 is 2.03 bits per heavy atom. The van der Waals surface area contributed by atoms with Crippen LogP contribution in [0.15, 0.2) is 35.6 Å². The Labute approximate surface area is 200 Å². The van der Waals surface area contributed by atoms with E-state index in [1.807, 2.05) is 0 Å². The molecule has 12 nitrogen and oxygen atoms in total. The van der Waals surface area contributed by atoms with Crippen LogP contribution in [0.4, 0.5) is 8.78 Å². The molecule has 0 bridgehead atoms. The van der Waals surface area contributed by atoms with Crippen LogP contribution >= 0.6 is 11.3 Å². The van der Waals surface area contributed by atoms with E-state index in [0.717, 1.165) is 0 Å². The number of halogens is 2. The number of carbonyl (C=O) groups excluding carboxylic acids is 1. The number of sulfonamides is 1. The molecule has 3 N–H and O–H groups in total. The normalized spacial score (nSPS) is 15.0. The van der Waals surface area contributed by atoms with Crippen LogP contribution in [0.1, 0.15) is 24.3 Å². The number of rotatable bonds is 8. The summed E-state index contributed by atoms with van der Waals surface area (Å²) in [5.41, 5.74) is 4.94. The molecule has 0 unspecified atom stereocenters. The molecule has 1 amide bonds.